The van der Waals surface area contributed by atoms with Crippen LogP contribution in [0.15, 0.2) is 34.1 Å². The molecule has 1 aliphatic rings. The second-order valence-electron chi connectivity index (χ2n) is 9.99. The van der Waals surface area contributed by atoms with E-state index in [0.717, 1.165) is 24.2 Å². The van der Waals surface area contributed by atoms with Crippen molar-refractivity contribution in [1.29, 1.82) is 0 Å². The van der Waals surface area contributed by atoms with E-state index in [-0.39, 0.29) is 23.1 Å². The van der Waals surface area contributed by atoms with Gasteiger partial charge in [-0.1, -0.05) is 84.3 Å². The van der Waals surface area contributed by atoms with E-state index < -0.39 is 0 Å². The van der Waals surface area contributed by atoms with Crippen molar-refractivity contribution in [3.63, 3.8) is 0 Å². The van der Waals surface area contributed by atoms with Crippen LogP contribution in [0.25, 0.3) is 0 Å². The molecule has 0 radical (unpaired) electrons. The van der Waals surface area contributed by atoms with Crippen molar-refractivity contribution in [3.05, 3.63) is 34.1 Å². The zero-order valence-electron chi connectivity index (χ0n) is 22.0. The number of ketones is 2. The summed E-state index contributed by atoms with van der Waals surface area (Å²) in [6.45, 7) is 11.6. The van der Waals surface area contributed by atoms with E-state index in [9.17, 15) is 9.59 Å². The molecule has 2 atom stereocenters. The Balaban J connectivity index is 2.26. The van der Waals surface area contributed by atoms with Crippen LogP contribution in [0.1, 0.15) is 92.4 Å². The van der Waals surface area contributed by atoms with Crippen molar-refractivity contribution >= 4 is 23.3 Å². The lowest BCUT2D eigenvalue weighted by atomic mass is 9.91. The molecule has 0 aromatic carbocycles. The Morgan fingerprint density at radius 2 is 1.42 bits per heavy atom. The fourth-order valence-corrected chi connectivity index (χ4v) is 5.11. The van der Waals surface area contributed by atoms with E-state index >= 15 is 0 Å². The summed E-state index contributed by atoms with van der Waals surface area (Å²) < 4.78 is 10.1. The number of ether oxygens (including phenoxy) is 2. The summed E-state index contributed by atoms with van der Waals surface area (Å²) in [5.74, 6) is 2.50. The SMILES string of the molecule is COC1=C(OC)C(=O)C(SCC=C(C)CCCC(C)CCCC(C)CCCC(C)C)=CC1=O. The second-order valence-corrected chi connectivity index (χ2v) is 11.1. The number of thioether (sulfide) groups is 1. The average Bonchev–Trinajstić information content (AvgIpc) is 2.75. The lowest BCUT2D eigenvalue weighted by molar-refractivity contribution is -0.119. The van der Waals surface area contributed by atoms with E-state index in [1.807, 2.05) is 0 Å². The highest BCUT2D eigenvalue weighted by atomic mass is 32.2. The molecule has 0 saturated carbocycles. The van der Waals surface area contributed by atoms with Crippen molar-refractivity contribution in [1.82, 2.24) is 0 Å². The van der Waals surface area contributed by atoms with Crippen LogP contribution in [0.4, 0.5) is 0 Å². The van der Waals surface area contributed by atoms with E-state index in [4.69, 9.17) is 9.47 Å². The maximum Gasteiger partial charge on any atom is 0.238 e. The highest BCUT2D eigenvalue weighted by Crippen LogP contribution is 2.28. The Kier molecular flexibility index (Phi) is 14.5. The van der Waals surface area contributed by atoms with Crippen LogP contribution in [-0.4, -0.2) is 31.5 Å². The fourth-order valence-electron chi connectivity index (χ4n) is 4.15. The van der Waals surface area contributed by atoms with Gasteiger partial charge in [0.05, 0.1) is 19.1 Å². The zero-order chi connectivity index (χ0) is 24.8. The normalized spacial score (nSPS) is 16.8. The predicted octanol–water partition coefficient (Wildman–Crippen LogP) is 7.65. The molecule has 0 heterocycles. The van der Waals surface area contributed by atoms with Gasteiger partial charge in [0.15, 0.2) is 0 Å². The van der Waals surface area contributed by atoms with Gasteiger partial charge in [0, 0.05) is 11.8 Å². The minimum absolute atomic E-state index is 0.00728. The summed E-state index contributed by atoms with van der Waals surface area (Å²) in [6.07, 6.45) is 15.2. The maximum absolute atomic E-state index is 12.5. The summed E-state index contributed by atoms with van der Waals surface area (Å²) in [4.78, 5) is 25.0. The Morgan fingerprint density at radius 3 is 1.97 bits per heavy atom. The maximum atomic E-state index is 12.5. The molecule has 188 valence electrons. The van der Waals surface area contributed by atoms with Crippen LogP contribution in [0.5, 0.6) is 0 Å². The zero-order valence-corrected chi connectivity index (χ0v) is 22.8. The van der Waals surface area contributed by atoms with Gasteiger partial charge < -0.3 is 9.47 Å². The largest absolute Gasteiger partial charge is 0.490 e. The van der Waals surface area contributed by atoms with Crippen LogP contribution < -0.4 is 0 Å². The summed E-state index contributed by atoms with van der Waals surface area (Å²) in [5, 5.41) is 0. The molecule has 1 aliphatic carbocycles. The smallest absolute Gasteiger partial charge is 0.238 e. The topological polar surface area (TPSA) is 52.6 Å². The first-order chi connectivity index (χ1) is 15.7. The highest BCUT2D eigenvalue weighted by Gasteiger charge is 2.30. The number of methoxy groups -OCH3 is 2. The van der Waals surface area contributed by atoms with E-state index in [0.29, 0.717) is 10.7 Å². The first-order valence-electron chi connectivity index (χ1n) is 12.6. The summed E-state index contributed by atoms with van der Waals surface area (Å²) in [5.41, 5.74) is 1.34. The quantitative estimate of drug-likeness (QED) is 0.159. The van der Waals surface area contributed by atoms with Gasteiger partial charge in [-0.05, 0) is 37.5 Å². The van der Waals surface area contributed by atoms with Crippen molar-refractivity contribution in [2.75, 3.05) is 20.0 Å². The van der Waals surface area contributed by atoms with Gasteiger partial charge in [-0.15, -0.1) is 11.8 Å². The molecule has 0 spiro atoms. The monoisotopic (exact) mass is 478 g/mol. The molecule has 0 saturated heterocycles. The lowest BCUT2D eigenvalue weighted by Gasteiger charge is -2.16. The van der Waals surface area contributed by atoms with Crippen molar-refractivity contribution in [2.24, 2.45) is 17.8 Å². The molecule has 33 heavy (non-hydrogen) atoms. The first kappa shape index (κ1) is 29.5. The summed E-state index contributed by atoms with van der Waals surface area (Å²) in [7, 11) is 2.75. The standard InChI is InChI=1S/C28H46O4S/c1-20(2)11-8-12-21(3)13-9-14-22(4)15-10-16-23(5)17-18-33-25-19-24(29)27(31-6)28(32-7)26(25)30/h17,19-22H,8-16,18H2,1-7H3. The minimum Gasteiger partial charge on any atom is -0.490 e. The van der Waals surface area contributed by atoms with Gasteiger partial charge >= 0.3 is 0 Å². The average molecular weight is 479 g/mol. The van der Waals surface area contributed by atoms with E-state index in [1.54, 1.807) is 0 Å². The van der Waals surface area contributed by atoms with E-state index in [1.165, 1.54) is 89.0 Å². The van der Waals surface area contributed by atoms with Crippen molar-refractivity contribution < 1.29 is 19.1 Å². The minimum atomic E-state index is -0.323. The highest BCUT2D eigenvalue weighted by molar-refractivity contribution is 8.04. The third-order valence-electron chi connectivity index (χ3n) is 6.34. The number of carbonyl (C=O) groups excluding carboxylic acids is 2. The lowest BCUT2D eigenvalue weighted by Crippen LogP contribution is -2.20. The molecule has 0 amide bonds. The number of allylic oxidation sites excluding steroid dienone is 3. The van der Waals surface area contributed by atoms with Gasteiger partial charge in [-0.25, -0.2) is 0 Å². The van der Waals surface area contributed by atoms with Crippen LogP contribution in [0.2, 0.25) is 0 Å². The van der Waals surface area contributed by atoms with Crippen molar-refractivity contribution in [2.45, 2.75) is 92.4 Å². The van der Waals surface area contributed by atoms with Crippen LogP contribution in [0.3, 0.4) is 0 Å². The molecule has 2 unspecified atom stereocenters. The number of hydrogen-bond acceptors (Lipinski definition) is 5. The number of carbonyl (C=O) groups is 2. The molecular weight excluding hydrogens is 432 g/mol. The Bertz CT molecular complexity index is 717. The molecule has 4 nitrogen and oxygen atoms in total. The third kappa shape index (κ3) is 11.5. The number of hydrogen-bond donors (Lipinski definition) is 0. The van der Waals surface area contributed by atoms with Gasteiger partial charge in [0.25, 0.3) is 0 Å². The third-order valence-corrected chi connectivity index (χ3v) is 7.29. The van der Waals surface area contributed by atoms with Gasteiger partial charge in [-0.2, -0.15) is 0 Å². The van der Waals surface area contributed by atoms with Crippen molar-refractivity contribution in [3.8, 4) is 0 Å². The Morgan fingerprint density at radius 1 is 0.879 bits per heavy atom. The van der Waals surface area contributed by atoms with Crippen LogP contribution >= 0.6 is 11.8 Å². The molecule has 0 aliphatic heterocycles. The molecular formula is C28H46O4S. The van der Waals surface area contributed by atoms with Gasteiger partial charge in [-0.3, -0.25) is 9.59 Å². The molecule has 0 aromatic rings. The molecule has 5 heteroatoms. The Hall–Kier alpha value is -1.49. The molecule has 1 rings (SSSR count). The molecule has 0 fully saturated rings. The molecule has 0 aromatic heterocycles. The first-order valence-corrected chi connectivity index (χ1v) is 13.6. The number of rotatable bonds is 17. The van der Waals surface area contributed by atoms with Crippen LogP contribution in [-0.2, 0) is 19.1 Å². The Labute approximate surface area is 206 Å². The molecule has 0 bridgehead atoms. The van der Waals surface area contributed by atoms with Crippen LogP contribution in [0, 0.1) is 17.8 Å². The summed E-state index contributed by atoms with van der Waals surface area (Å²) in [6, 6.07) is 0. The van der Waals surface area contributed by atoms with Gasteiger partial charge in [0.2, 0.25) is 23.1 Å². The summed E-state index contributed by atoms with van der Waals surface area (Å²) >= 11 is 1.37. The predicted molar refractivity (Wildman–Crippen MR) is 140 cm³/mol. The fraction of sp³-hybridized carbons (Fsp3) is 0.714. The number of Topliss-reactive ketones (excluding diaryl/α,β-unsaturated/α-hetero) is 1. The van der Waals surface area contributed by atoms with E-state index in [2.05, 4.69) is 40.7 Å². The van der Waals surface area contributed by atoms with Gasteiger partial charge in [0.1, 0.15) is 0 Å². The second kappa shape index (κ2) is 16.2. The molecule has 0 N–H and O–H groups in total.